The van der Waals surface area contributed by atoms with Crippen molar-refractivity contribution in [3.8, 4) is 0 Å². The van der Waals surface area contributed by atoms with Crippen LogP contribution in [-0.4, -0.2) is 54.8 Å². The first-order valence-corrected chi connectivity index (χ1v) is 10.6. The van der Waals surface area contributed by atoms with Crippen LogP contribution in [0.3, 0.4) is 0 Å². The van der Waals surface area contributed by atoms with Crippen LogP contribution in [0.1, 0.15) is 16.7 Å². The van der Waals surface area contributed by atoms with Crippen molar-refractivity contribution in [2.24, 2.45) is 0 Å². The lowest BCUT2D eigenvalue weighted by molar-refractivity contribution is -0.120. The number of nitrogens with zero attached hydrogens (tertiary/aromatic N) is 3. The Morgan fingerprint density at radius 3 is 2.23 bits per heavy atom. The number of amides is 2. The molecule has 30 heavy (non-hydrogen) atoms. The average molecular weight is 444 g/mol. The molecular weight excluding hydrogens is 421 g/mol. The summed E-state index contributed by atoms with van der Waals surface area (Å²) < 4.78 is 0. The summed E-state index contributed by atoms with van der Waals surface area (Å²) in [6.45, 7) is 6.97. The molecule has 2 aliphatic rings. The Morgan fingerprint density at radius 1 is 0.867 bits per heavy atom. The van der Waals surface area contributed by atoms with Gasteiger partial charge in [0.05, 0.1) is 16.3 Å². The van der Waals surface area contributed by atoms with Crippen LogP contribution in [0.4, 0.5) is 5.69 Å². The molecule has 2 amide bonds. The molecule has 2 aromatic carbocycles. The molecule has 1 fully saturated rings. The zero-order chi connectivity index (χ0) is 21.6. The molecule has 7 heteroatoms. The molecule has 4 rings (SSSR count). The number of rotatable bonds is 3. The van der Waals surface area contributed by atoms with Gasteiger partial charge >= 0.3 is 0 Å². The zero-order valence-electron chi connectivity index (χ0n) is 17.2. The van der Waals surface area contributed by atoms with Crippen LogP contribution < -0.4 is 4.90 Å². The highest BCUT2D eigenvalue weighted by atomic mass is 35.5. The summed E-state index contributed by atoms with van der Waals surface area (Å²) in [5.74, 6) is -0.728. The highest BCUT2D eigenvalue weighted by Crippen LogP contribution is 2.39. The third-order valence-electron chi connectivity index (χ3n) is 5.68. The van der Waals surface area contributed by atoms with Crippen molar-refractivity contribution < 1.29 is 9.59 Å². The van der Waals surface area contributed by atoms with E-state index in [2.05, 4.69) is 11.9 Å². The molecule has 5 nitrogen and oxygen atoms in total. The maximum atomic E-state index is 13.6. The van der Waals surface area contributed by atoms with Crippen molar-refractivity contribution in [2.75, 3.05) is 38.1 Å². The molecule has 1 saturated heterocycles. The van der Waals surface area contributed by atoms with E-state index in [-0.39, 0.29) is 11.8 Å². The maximum Gasteiger partial charge on any atom is 0.282 e. The summed E-state index contributed by atoms with van der Waals surface area (Å²) >= 11 is 12.5. The maximum absolute atomic E-state index is 13.6. The van der Waals surface area contributed by atoms with Crippen molar-refractivity contribution in [3.63, 3.8) is 0 Å². The molecule has 0 atom stereocenters. The largest absolute Gasteiger partial charge is 0.364 e. The fourth-order valence-corrected chi connectivity index (χ4v) is 4.42. The van der Waals surface area contributed by atoms with Gasteiger partial charge in [0.15, 0.2) is 0 Å². The molecule has 0 aromatic heterocycles. The van der Waals surface area contributed by atoms with E-state index in [4.69, 9.17) is 23.2 Å². The van der Waals surface area contributed by atoms with Gasteiger partial charge in [0.2, 0.25) is 0 Å². The second kappa shape index (κ2) is 8.06. The van der Waals surface area contributed by atoms with E-state index >= 15 is 0 Å². The third-order valence-corrected chi connectivity index (χ3v) is 6.23. The molecule has 0 radical (unpaired) electrons. The molecule has 0 saturated carbocycles. The Morgan fingerprint density at radius 2 is 1.57 bits per heavy atom. The van der Waals surface area contributed by atoms with Gasteiger partial charge in [-0.25, -0.2) is 4.90 Å². The normalized spacial score (nSPS) is 18.0. The number of hydrogen-bond donors (Lipinski definition) is 0. The van der Waals surface area contributed by atoms with Gasteiger partial charge in [-0.15, -0.1) is 0 Å². The molecular formula is C23H23Cl2N3O2. The Balaban J connectivity index is 1.87. The topological polar surface area (TPSA) is 43.9 Å². The average Bonchev–Trinajstić information content (AvgIpc) is 2.95. The first-order valence-electron chi connectivity index (χ1n) is 9.87. The van der Waals surface area contributed by atoms with Gasteiger partial charge < -0.3 is 9.80 Å². The second-order valence-electron chi connectivity index (χ2n) is 7.87. The number of halogens is 2. The van der Waals surface area contributed by atoms with Gasteiger partial charge in [-0.3, -0.25) is 9.59 Å². The minimum atomic E-state index is -0.370. The molecule has 2 heterocycles. The van der Waals surface area contributed by atoms with Crippen LogP contribution in [0, 0.1) is 13.8 Å². The fraction of sp³-hybridized carbons (Fsp3) is 0.304. The second-order valence-corrected chi connectivity index (χ2v) is 8.72. The number of aryl methyl sites for hydroxylation is 2. The fourth-order valence-electron chi connectivity index (χ4n) is 4.05. The van der Waals surface area contributed by atoms with Crippen molar-refractivity contribution in [3.05, 3.63) is 68.8 Å². The number of hydrogen-bond acceptors (Lipinski definition) is 4. The van der Waals surface area contributed by atoms with Gasteiger partial charge in [-0.05, 0) is 50.2 Å². The molecule has 0 spiro atoms. The highest BCUT2D eigenvalue weighted by molar-refractivity contribution is 6.47. The number of piperazine rings is 1. The van der Waals surface area contributed by atoms with E-state index < -0.39 is 0 Å². The van der Waals surface area contributed by atoms with Crippen LogP contribution in [0.5, 0.6) is 0 Å². The zero-order valence-corrected chi connectivity index (χ0v) is 18.7. The van der Waals surface area contributed by atoms with E-state index in [9.17, 15) is 9.59 Å². The molecule has 0 unspecified atom stereocenters. The van der Waals surface area contributed by atoms with Gasteiger partial charge in [0, 0.05) is 31.2 Å². The minimum Gasteiger partial charge on any atom is -0.364 e. The lowest BCUT2D eigenvalue weighted by Gasteiger charge is -2.34. The quantitative estimate of drug-likeness (QED) is 0.668. The molecule has 0 N–H and O–H groups in total. The van der Waals surface area contributed by atoms with E-state index in [1.165, 1.54) is 0 Å². The first kappa shape index (κ1) is 20.9. The van der Waals surface area contributed by atoms with Crippen molar-refractivity contribution >= 4 is 46.3 Å². The number of imide groups is 1. The monoisotopic (exact) mass is 443 g/mol. The summed E-state index contributed by atoms with van der Waals surface area (Å²) in [5.41, 5.74) is 4.01. The Hall–Kier alpha value is -2.34. The number of benzene rings is 2. The van der Waals surface area contributed by atoms with E-state index in [1.54, 1.807) is 18.2 Å². The smallest absolute Gasteiger partial charge is 0.282 e. The van der Waals surface area contributed by atoms with Gasteiger partial charge in [0.1, 0.15) is 5.70 Å². The number of likely N-dealkylation sites (N-methyl/N-ethyl adjacent to an activating group) is 1. The first-order chi connectivity index (χ1) is 14.3. The number of carbonyl (C=O) groups is 2. The molecule has 0 aliphatic carbocycles. The van der Waals surface area contributed by atoms with Crippen molar-refractivity contribution in [2.45, 2.75) is 13.8 Å². The third kappa shape index (κ3) is 3.62. The van der Waals surface area contributed by atoms with E-state index in [0.717, 1.165) is 34.7 Å². The van der Waals surface area contributed by atoms with Crippen LogP contribution in [-0.2, 0) is 9.59 Å². The van der Waals surface area contributed by atoms with Crippen molar-refractivity contribution in [1.29, 1.82) is 0 Å². The SMILES string of the molecule is Cc1ccc(C2=C(N3CCN(C)CC3)C(=O)N(c3cc(Cl)ccc3Cl)C2=O)c(C)c1. The Labute approximate surface area is 186 Å². The molecule has 156 valence electrons. The number of carbonyl (C=O) groups excluding carboxylic acids is 2. The lowest BCUT2D eigenvalue weighted by Crippen LogP contribution is -2.46. The molecule has 2 aromatic rings. The molecule has 0 bridgehead atoms. The summed E-state index contributed by atoms with van der Waals surface area (Å²) in [4.78, 5) is 32.6. The number of anilines is 1. The summed E-state index contributed by atoms with van der Waals surface area (Å²) in [5, 5.41) is 0.719. The van der Waals surface area contributed by atoms with Gasteiger partial charge in [-0.1, -0.05) is 47.0 Å². The summed E-state index contributed by atoms with van der Waals surface area (Å²) in [7, 11) is 2.05. The minimum absolute atomic E-state index is 0.306. The van der Waals surface area contributed by atoms with Crippen LogP contribution >= 0.6 is 23.2 Å². The molecule has 2 aliphatic heterocycles. The van der Waals surface area contributed by atoms with E-state index in [1.807, 2.05) is 36.9 Å². The summed E-state index contributed by atoms with van der Waals surface area (Å²) in [6, 6.07) is 10.7. The summed E-state index contributed by atoms with van der Waals surface area (Å²) in [6.07, 6.45) is 0. The van der Waals surface area contributed by atoms with Crippen LogP contribution in [0.2, 0.25) is 10.0 Å². The van der Waals surface area contributed by atoms with Gasteiger partial charge in [-0.2, -0.15) is 0 Å². The predicted molar refractivity (Wildman–Crippen MR) is 121 cm³/mol. The van der Waals surface area contributed by atoms with Crippen LogP contribution in [0.15, 0.2) is 42.1 Å². The highest BCUT2D eigenvalue weighted by Gasteiger charge is 2.44. The van der Waals surface area contributed by atoms with E-state index in [0.29, 0.717) is 40.1 Å². The van der Waals surface area contributed by atoms with Gasteiger partial charge in [0.25, 0.3) is 11.8 Å². The standard InChI is InChI=1S/C23H23Cl2N3O2/c1-14-4-6-17(15(2)12-14)20-21(27-10-8-26(3)9-11-27)23(30)28(22(20)29)19-13-16(24)5-7-18(19)25/h4-7,12-13H,8-11H2,1-3H3. The lowest BCUT2D eigenvalue weighted by atomic mass is 9.97. The Kier molecular flexibility index (Phi) is 5.62. The van der Waals surface area contributed by atoms with Crippen molar-refractivity contribution in [1.82, 2.24) is 9.80 Å². The predicted octanol–water partition coefficient (Wildman–Crippen LogP) is 4.14. The van der Waals surface area contributed by atoms with Crippen LogP contribution in [0.25, 0.3) is 5.57 Å². The Bertz CT molecular complexity index is 1070.